The van der Waals surface area contributed by atoms with E-state index in [0.717, 1.165) is 11.1 Å². The Balaban J connectivity index is 1.56. The van der Waals surface area contributed by atoms with Crippen LogP contribution < -0.4 is 5.32 Å². The van der Waals surface area contributed by atoms with Crippen molar-refractivity contribution in [1.29, 1.82) is 0 Å². The van der Waals surface area contributed by atoms with Gasteiger partial charge in [0.2, 0.25) is 0 Å². The summed E-state index contributed by atoms with van der Waals surface area (Å²) in [6.07, 6.45) is -5.27. The second kappa shape index (κ2) is 8.09. The first-order chi connectivity index (χ1) is 15.3. The van der Waals surface area contributed by atoms with E-state index < -0.39 is 18.2 Å². The van der Waals surface area contributed by atoms with Crippen LogP contribution in [0.5, 0.6) is 0 Å². The number of halogens is 5. The van der Waals surface area contributed by atoms with E-state index in [9.17, 15) is 18.0 Å². The van der Waals surface area contributed by atoms with Gasteiger partial charge in [-0.15, -0.1) is 0 Å². The number of benzene rings is 2. The first-order valence-corrected chi connectivity index (χ1v) is 11.0. The van der Waals surface area contributed by atoms with Gasteiger partial charge in [0, 0.05) is 39.8 Å². The van der Waals surface area contributed by atoms with Gasteiger partial charge in [-0.05, 0) is 62.2 Å². The third-order valence-corrected chi connectivity index (χ3v) is 5.98. The number of amidine groups is 1. The zero-order valence-corrected chi connectivity index (χ0v) is 19.7. The van der Waals surface area contributed by atoms with E-state index in [1.807, 2.05) is 26.8 Å². The second-order valence-corrected chi connectivity index (χ2v) is 10.2. The van der Waals surface area contributed by atoms with Crippen LogP contribution in [0.4, 0.5) is 13.2 Å². The number of alkyl halides is 3. The van der Waals surface area contributed by atoms with Gasteiger partial charge >= 0.3 is 6.18 Å². The molecule has 4 rings (SSSR count). The SMILES string of the molecule is CC(C)(C)NC(=O)c1ccc2c(c1)CN(C1=NOC(c3cc(Cl)cc(Cl)c3)(C(F)(F)F)C1)C2. The Bertz CT molecular complexity index is 1120. The molecule has 0 saturated heterocycles. The van der Waals surface area contributed by atoms with Gasteiger partial charge in [0.25, 0.3) is 11.5 Å². The lowest BCUT2D eigenvalue weighted by Crippen LogP contribution is -2.43. The van der Waals surface area contributed by atoms with Gasteiger partial charge in [-0.3, -0.25) is 4.79 Å². The molecular formula is C23H22Cl2F3N3O2. The molecule has 0 saturated carbocycles. The predicted molar refractivity (Wildman–Crippen MR) is 120 cm³/mol. The summed E-state index contributed by atoms with van der Waals surface area (Å²) in [5.74, 6) is -0.0421. The van der Waals surface area contributed by atoms with E-state index in [2.05, 4.69) is 10.5 Å². The van der Waals surface area contributed by atoms with Crippen molar-refractivity contribution < 1.29 is 22.8 Å². The van der Waals surface area contributed by atoms with Crippen molar-refractivity contribution >= 4 is 34.9 Å². The van der Waals surface area contributed by atoms with Crippen molar-refractivity contribution in [2.75, 3.05) is 0 Å². The summed E-state index contributed by atoms with van der Waals surface area (Å²) >= 11 is 11.9. The fraction of sp³-hybridized carbons (Fsp3) is 0.391. The fourth-order valence-corrected chi connectivity index (χ4v) is 4.50. The van der Waals surface area contributed by atoms with Crippen LogP contribution in [0.1, 0.15) is 54.2 Å². The molecule has 0 bridgehead atoms. The maximum absolute atomic E-state index is 14.2. The standard InChI is InChI=1S/C23H22Cl2F3N3O2/c1-21(2,3)29-20(32)13-4-5-14-11-31(12-15(14)6-13)19-10-22(33-30-19,23(26,27)28)16-7-17(24)9-18(25)8-16/h4-9H,10-12H2,1-3H3,(H,29,32). The number of carbonyl (C=O) groups is 1. The molecule has 0 radical (unpaired) electrons. The van der Waals surface area contributed by atoms with Gasteiger partial charge in [-0.2, -0.15) is 13.2 Å². The quantitative estimate of drug-likeness (QED) is 0.548. The van der Waals surface area contributed by atoms with Gasteiger partial charge in [-0.25, -0.2) is 0 Å². The van der Waals surface area contributed by atoms with Crippen LogP contribution in [-0.4, -0.2) is 28.4 Å². The highest BCUT2D eigenvalue weighted by molar-refractivity contribution is 6.34. The van der Waals surface area contributed by atoms with Gasteiger partial charge in [-0.1, -0.05) is 34.4 Å². The first kappa shape index (κ1) is 23.7. The minimum Gasteiger partial charge on any atom is -0.372 e. The molecule has 10 heteroatoms. The van der Waals surface area contributed by atoms with Crippen molar-refractivity contribution in [3.05, 3.63) is 68.7 Å². The van der Waals surface area contributed by atoms with Crippen LogP contribution in [0.2, 0.25) is 10.0 Å². The highest BCUT2D eigenvalue weighted by atomic mass is 35.5. The van der Waals surface area contributed by atoms with E-state index >= 15 is 0 Å². The average Bonchev–Trinajstić information content (AvgIpc) is 3.30. The summed E-state index contributed by atoms with van der Waals surface area (Å²) < 4.78 is 42.7. The number of nitrogens with zero attached hydrogens (tertiary/aromatic N) is 2. The maximum Gasteiger partial charge on any atom is 0.435 e. The third kappa shape index (κ3) is 4.64. The van der Waals surface area contributed by atoms with Crippen molar-refractivity contribution in [3.63, 3.8) is 0 Å². The smallest absolute Gasteiger partial charge is 0.372 e. The Morgan fingerprint density at radius 3 is 2.30 bits per heavy atom. The molecule has 33 heavy (non-hydrogen) atoms. The minimum atomic E-state index is -4.75. The maximum atomic E-state index is 14.2. The molecular weight excluding hydrogens is 478 g/mol. The summed E-state index contributed by atoms with van der Waals surface area (Å²) in [4.78, 5) is 19.3. The van der Waals surface area contributed by atoms with E-state index in [1.54, 1.807) is 17.0 Å². The molecule has 1 atom stereocenters. The second-order valence-electron chi connectivity index (χ2n) is 9.30. The van der Waals surface area contributed by atoms with Crippen LogP contribution in [0, 0.1) is 0 Å². The first-order valence-electron chi connectivity index (χ1n) is 10.2. The number of hydrogen-bond donors (Lipinski definition) is 1. The largest absolute Gasteiger partial charge is 0.435 e. The number of oxime groups is 1. The van der Waals surface area contributed by atoms with Crippen LogP contribution in [0.3, 0.4) is 0 Å². The van der Waals surface area contributed by atoms with E-state index in [-0.39, 0.29) is 32.9 Å². The van der Waals surface area contributed by atoms with Crippen LogP contribution >= 0.6 is 23.2 Å². The van der Waals surface area contributed by atoms with Crippen molar-refractivity contribution in [2.45, 2.75) is 57.6 Å². The number of hydrogen-bond acceptors (Lipinski definition) is 4. The molecule has 2 aromatic carbocycles. The number of carbonyl (C=O) groups excluding carboxylic acids is 1. The summed E-state index contributed by atoms with van der Waals surface area (Å²) in [6.45, 7) is 6.34. The Hall–Kier alpha value is -2.45. The molecule has 0 fully saturated rings. The summed E-state index contributed by atoms with van der Waals surface area (Å²) in [7, 11) is 0. The Morgan fingerprint density at radius 2 is 1.70 bits per heavy atom. The van der Waals surface area contributed by atoms with E-state index in [4.69, 9.17) is 28.0 Å². The lowest BCUT2D eigenvalue weighted by Gasteiger charge is -2.30. The fourth-order valence-electron chi connectivity index (χ4n) is 3.98. The zero-order chi connectivity index (χ0) is 24.2. The van der Waals surface area contributed by atoms with E-state index in [1.165, 1.54) is 18.2 Å². The molecule has 1 amide bonds. The third-order valence-electron chi connectivity index (χ3n) is 5.55. The van der Waals surface area contributed by atoms with Crippen LogP contribution in [0.25, 0.3) is 0 Å². The molecule has 2 heterocycles. The molecule has 0 spiro atoms. The lowest BCUT2D eigenvalue weighted by molar-refractivity contribution is -0.275. The zero-order valence-electron chi connectivity index (χ0n) is 18.2. The van der Waals surface area contributed by atoms with Gasteiger partial charge in [0.1, 0.15) is 5.84 Å². The molecule has 1 unspecified atom stereocenters. The molecule has 5 nitrogen and oxygen atoms in total. The molecule has 2 aromatic rings. The summed E-state index contributed by atoms with van der Waals surface area (Å²) in [6, 6.07) is 9.04. The normalized spacial score (nSPS) is 20.4. The highest BCUT2D eigenvalue weighted by Gasteiger charge is 2.63. The van der Waals surface area contributed by atoms with Crippen molar-refractivity contribution in [1.82, 2.24) is 10.2 Å². The number of nitrogens with one attached hydrogen (secondary N) is 1. The Morgan fingerprint density at radius 1 is 1.06 bits per heavy atom. The predicted octanol–water partition coefficient (Wildman–Crippen LogP) is 6.03. The lowest BCUT2D eigenvalue weighted by atomic mass is 9.89. The van der Waals surface area contributed by atoms with Gasteiger partial charge < -0.3 is 15.1 Å². The van der Waals surface area contributed by atoms with Crippen molar-refractivity contribution in [2.24, 2.45) is 5.16 Å². The number of rotatable bonds is 2. The molecule has 2 aliphatic heterocycles. The number of fused-ring (bicyclic) bond motifs is 1. The minimum absolute atomic E-state index is 0.0767. The number of amides is 1. The monoisotopic (exact) mass is 499 g/mol. The Kier molecular flexibility index (Phi) is 5.81. The van der Waals surface area contributed by atoms with Gasteiger partial charge in [0.05, 0.1) is 6.42 Å². The highest BCUT2D eigenvalue weighted by Crippen LogP contribution is 2.49. The average molecular weight is 500 g/mol. The van der Waals surface area contributed by atoms with Crippen molar-refractivity contribution in [3.8, 4) is 0 Å². The summed E-state index contributed by atoms with van der Waals surface area (Å²) in [5, 5.41) is 6.88. The van der Waals surface area contributed by atoms with Gasteiger partial charge in [0.15, 0.2) is 0 Å². The Labute approximate surface area is 199 Å². The molecule has 0 aliphatic carbocycles. The van der Waals surface area contributed by atoms with E-state index in [0.29, 0.717) is 18.7 Å². The van der Waals surface area contributed by atoms with Crippen LogP contribution in [-0.2, 0) is 23.5 Å². The van der Waals surface area contributed by atoms with Crippen LogP contribution in [0.15, 0.2) is 41.6 Å². The molecule has 176 valence electrons. The molecule has 0 aromatic heterocycles. The topological polar surface area (TPSA) is 53.9 Å². The molecule has 1 N–H and O–H groups in total. The summed E-state index contributed by atoms with van der Waals surface area (Å²) in [5.41, 5.74) is -1.00. The molecule has 2 aliphatic rings.